The topological polar surface area (TPSA) is 32.9 Å². The van der Waals surface area contributed by atoms with Gasteiger partial charge in [-0.15, -0.1) is 0 Å². The van der Waals surface area contributed by atoms with Crippen molar-refractivity contribution >= 4 is 16.7 Å². The van der Waals surface area contributed by atoms with Gasteiger partial charge >= 0.3 is 0 Å². The van der Waals surface area contributed by atoms with Crippen LogP contribution in [0.5, 0.6) is 0 Å². The minimum Gasteiger partial charge on any atom is -0.360 e. The molecule has 1 aromatic heterocycles. The minimum atomic E-state index is 0.0629. The van der Waals surface area contributed by atoms with Crippen molar-refractivity contribution in [2.45, 2.75) is 26.2 Å². The SMILES string of the molecule is CC(C)(C)c1ccc(C(=O)c2c[nH]c3ccccc23)cc1. The highest BCUT2D eigenvalue weighted by atomic mass is 16.1. The molecule has 0 atom stereocenters. The molecule has 106 valence electrons. The van der Waals surface area contributed by atoms with Gasteiger partial charge in [0, 0.05) is 28.2 Å². The van der Waals surface area contributed by atoms with Crippen LogP contribution in [0, 0.1) is 0 Å². The van der Waals surface area contributed by atoms with E-state index in [4.69, 9.17) is 0 Å². The van der Waals surface area contributed by atoms with Gasteiger partial charge in [-0.25, -0.2) is 0 Å². The number of aromatic nitrogens is 1. The summed E-state index contributed by atoms with van der Waals surface area (Å²) in [5.41, 5.74) is 3.79. The van der Waals surface area contributed by atoms with Crippen molar-refractivity contribution in [3.63, 3.8) is 0 Å². The highest BCUT2D eigenvalue weighted by molar-refractivity contribution is 6.16. The third-order valence-corrected chi connectivity index (χ3v) is 3.85. The number of carbonyl (C=O) groups excluding carboxylic acids is 1. The van der Waals surface area contributed by atoms with E-state index in [0.717, 1.165) is 22.0 Å². The Morgan fingerprint density at radius 2 is 1.62 bits per heavy atom. The first-order valence-electron chi connectivity index (χ1n) is 7.18. The molecule has 1 heterocycles. The first kappa shape index (κ1) is 13.6. The molecule has 0 spiro atoms. The molecular formula is C19H19NO. The monoisotopic (exact) mass is 277 g/mol. The lowest BCUT2D eigenvalue weighted by Gasteiger charge is -2.18. The Labute approximate surface area is 124 Å². The first-order chi connectivity index (χ1) is 9.97. The second-order valence-corrected chi connectivity index (χ2v) is 6.40. The van der Waals surface area contributed by atoms with E-state index in [1.165, 1.54) is 5.56 Å². The Balaban J connectivity index is 1.99. The summed E-state index contributed by atoms with van der Waals surface area (Å²) in [6.07, 6.45) is 1.80. The molecule has 0 radical (unpaired) electrons. The third-order valence-electron chi connectivity index (χ3n) is 3.85. The molecule has 2 heteroatoms. The molecule has 1 N–H and O–H groups in total. The number of aromatic amines is 1. The predicted molar refractivity (Wildman–Crippen MR) is 86.9 cm³/mol. The smallest absolute Gasteiger partial charge is 0.195 e. The predicted octanol–water partition coefficient (Wildman–Crippen LogP) is 4.70. The maximum Gasteiger partial charge on any atom is 0.195 e. The zero-order valence-corrected chi connectivity index (χ0v) is 12.6. The Morgan fingerprint density at radius 3 is 2.29 bits per heavy atom. The van der Waals surface area contributed by atoms with Crippen molar-refractivity contribution < 1.29 is 4.79 Å². The molecule has 3 rings (SSSR count). The zero-order valence-electron chi connectivity index (χ0n) is 12.6. The molecule has 0 amide bonds. The lowest BCUT2D eigenvalue weighted by molar-refractivity contribution is 0.104. The highest BCUT2D eigenvalue weighted by Crippen LogP contribution is 2.24. The molecule has 21 heavy (non-hydrogen) atoms. The quantitative estimate of drug-likeness (QED) is 0.677. The van der Waals surface area contributed by atoms with Crippen molar-refractivity contribution in [3.8, 4) is 0 Å². The number of benzene rings is 2. The van der Waals surface area contributed by atoms with E-state index >= 15 is 0 Å². The zero-order chi connectivity index (χ0) is 15.0. The fourth-order valence-electron chi connectivity index (χ4n) is 2.54. The molecule has 0 aliphatic rings. The van der Waals surface area contributed by atoms with Crippen LogP contribution in [0.4, 0.5) is 0 Å². The molecule has 0 saturated heterocycles. The van der Waals surface area contributed by atoms with Crippen LogP contribution in [0.1, 0.15) is 42.3 Å². The van der Waals surface area contributed by atoms with E-state index in [2.05, 4.69) is 25.8 Å². The molecule has 3 aromatic rings. The van der Waals surface area contributed by atoms with E-state index in [1.807, 2.05) is 48.5 Å². The van der Waals surface area contributed by atoms with E-state index in [1.54, 1.807) is 6.20 Å². The average Bonchev–Trinajstić information content (AvgIpc) is 2.90. The van der Waals surface area contributed by atoms with Crippen LogP contribution < -0.4 is 0 Å². The average molecular weight is 277 g/mol. The van der Waals surface area contributed by atoms with Crippen molar-refractivity contribution in [3.05, 3.63) is 71.4 Å². The normalized spacial score (nSPS) is 11.8. The molecular weight excluding hydrogens is 258 g/mol. The van der Waals surface area contributed by atoms with Crippen molar-refractivity contribution in [1.82, 2.24) is 4.98 Å². The van der Waals surface area contributed by atoms with Gasteiger partial charge in [0.2, 0.25) is 0 Å². The Morgan fingerprint density at radius 1 is 0.952 bits per heavy atom. The highest BCUT2D eigenvalue weighted by Gasteiger charge is 2.16. The van der Waals surface area contributed by atoms with Crippen LogP contribution >= 0.6 is 0 Å². The van der Waals surface area contributed by atoms with Gasteiger partial charge in [0.1, 0.15) is 0 Å². The summed E-state index contributed by atoms with van der Waals surface area (Å²) in [7, 11) is 0. The Hall–Kier alpha value is -2.35. The molecule has 2 aromatic carbocycles. The molecule has 0 unspecified atom stereocenters. The number of hydrogen-bond donors (Lipinski definition) is 1. The summed E-state index contributed by atoms with van der Waals surface area (Å²) >= 11 is 0. The van der Waals surface area contributed by atoms with Gasteiger partial charge in [0.15, 0.2) is 5.78 Å². The lowest BCUT2D eigenvalue weighted by atomic mass is 9.86. The van der Waals surface area contributed by atoms with Crippen LogP contribution in [-0.2, 0) is 5.41 Å². The number of para-hydroxylation sites is 1. The lowest BCUT2D eigenvalue weighted by Crippen LogP contribution is -2.11. The van der Waals surface area contributed by atoms with Gasteiger partial charge < -0.3 is 4.98 Å². The molecule has 0 saturated carbocycles. The number of ketones is 1. The largest absolute Gasteiger partial charge is 0.360 e. The Bertz CT molecular complexity index is 788. The van der Waals surface area contributed by atoms with E-state index in [9.17, 15) is 4.79 Å². The molecule has 0 aliphatic carbocycles. The van der Waals surface area contributed by atoms with Gasteiger partial charge in [0.05, 0.1) is 0 Å². The van der Waals surface area contributed by atoms with Gasteiger partial charge in [-0.3, -0.25) is 4.79 Å². The van der Waals surface area contributed by atoms with Crippen molar-refractivity contribution in [2.75, 3.05) is 0 Å². The summed E-state index contributed by atoms with van der Waals surface area (Å²) in [5, 5.41) is 0.974. The van der Waals surface area contributed by atoms with Crippen molar-refractivity contribution in [2.24, 2.45) is 0 Å². The number of rotatable bonds is 2. The van der Waals surface area contributed by atoms with Crippen molar-refractivity contribution in [1.29, 1.82) is 0 Å². The second-order valence-electron chi connectivity index (χ2n) is 6.40. The van der Waals surface area contributed by atoms with Crippen LogP contribution in [0.2, 0.25) is 0 Å². The fourth-order valence-corrected chi connectivity index (χ4v) is 2.54. The van der Waals surface area contributed by atoms with Gasteiger partial charge in [-0.05, 0) is 17.0 Å². The van der Waals surface area contributed by atoms with Crippen LogP contribution in [0.15, 0.2) is 54.7 Å². The molecule has 2 nitrogen and oxygen atoms in total. The number of nitrogens with one attached hydrogen (secondary N) is 1. The summed E-state index contributed by atoms with van der Waals surface area (Å²) in [6.45, 7) is 6.51. The number of H-pyrrole nitrogens is 1. The van der Waals surface area contributed by atoms with Crippen LogP contribution in [-0.4, -0.2) is 10.8 Å². The summed E-state index contributed by atoms with van der Waals surface area (Å²) < 4.78 is 0. The first-order valence-corrected chi connectivity index (χ1v) is 7.18. The molecule has 0 aliphatic heterocycles. The van der Waals surface area contributed by atoms with Crippen LogP contribution in [0.3, 0.4) is 0 Å². The Kier molecular flexibility index (Phi) is 3.17. The number of hydrogen-bond acceptors (Lipinski definition) is 1. The summed E-state index contributed by atoms with van der Waals surface area (Å²) in [4.78, 5) is 15.8. The van der Waals surface area contributed by atoms with Crippen LogP contribution in [0.25, 0.3) is 10.9 Å². The third kappa shape index (κ3) is 2.49. The number of fused-ring (bicyclic) bond motifs is 1. The van der Waals surface area contributed by atoms with E-state index in [0.29, 0.717) is 0 Å². The maximum absolute atomic E-state index is 12.7. The standard InChI is InChI=1S/C19H19NO/c1-19(2,3)14-10-8-13(9-11-14)18(21)16-12-20-17-7-5-4-6-15(16)17/h4-12,20H,1-3H3. The van der Waals surface area contributed by atoms with Gasteiger partial charge in [0.25, 0.3) is 0 Å². The summed E-state index contributed by atoms with van der Waals surface area (Å²) in [6, 6.07) is 15.8. The maximum atomic E-state index is 12.7. The second kappa shape index (κ2) is 4.88. The molecule has 0 fully saturated rings. The molecule has 0 bridgehead atoms. The van der Waals surface area contributed by atoms with Gasteiger partial charge in [-0.2, -0.15) is 0 Å². The minimum absolute atomic E-state index is 0.0629. The summed E-state index contributed by atoms with van der Waals surface area (Å²) in [5.74, 6) is 0.0629. The van der Waals surface area contributed by atoms with E-state index in [-0.39, 0.29) is 11.2 Å². The van der Waals surface area contributed by atoms with Gasteiger partial charge in [-0.1, -0.05) is 63.2 Å². The van der Waals surface area contributed by atoms with E-state index < -0.39 is 0 Å². The number of carbonyl (C=O) groups is 1. The fraction of sp³-hybridized carbons (Fsp3) is 0.211.